The van der Waals surface area contributed by atoms with E-state index in [0.717, 1.165) is 19.6 Å². The maximum Gasteiger partial charge on any atom is 0.305 e. The van der Waals surface area contributed by atoms with Crippen molar-refractivity contribution in [3.63, 3.8) is 0 Å². The number of ether oxygens (including phenoxy) is 6. The van der Waals surface area contributed by atoms with E-state index in [4.69, 9.17) is 33.5 Å². The highest BCUT2D eigenvalue weighted by Crippen LogP contribution is 1.85. The summed E-state index contributed by atoms with van der Waals surface area (Å²) in [7, 11) is 1.89. The summed E-state index contributed by atoms with van der Waals surface area (Å²) < 4.78 is 32.0. The second kappa shape index (κ2) is 24.2. The fourth-order valence-electron chi connectivity index (χ4n) is 1.83. The molecule has 0 heterocycles. The van der Waals surface area contributed by atoms with Crippen molar-refractivity contribution < 1.29 is 38.3 Å². The third-order valence-corrected chi connectivity index (χ3v) is 3.29. The molecule has 0 bridgehead atoms. The van der Waals surface area contributed by atoms with E-state index in [1.807, 2.05) is 7.05 Å². The van der Waals surface area contributed by atoms with Gasteiger partial charge in [-0.25, -0.2) is 0 Å². The van der Waals surface area contributed by atoms with Crippen LogP contribution >= 0.6 is 0 Å². The fourth-order valence-corrected chi connectivity index (χ4v) is 1.83. The second-order valence-electron chi connectivity index (χ2n) is 5.67. The summed E-state index contributed by atoms with van der Waals surface area (Å²) >= 11 is 0. The van der Waals surface area contributed by atoms with Crippen molar-refractivity contribution in [2.75, 3.05) is 106 Å². The van der Waals surface area contributed by atoms with Crippen LogP contribution in [0.4, 0.5) is 0 Å². The van der Waals surface area contributed by atoms with E-state index >= 15 is 0 Å². The molecule has 0 aromatic carbocycles. The molecule has 10 heteroatoms. The lowest BCUT2D eigenvalue weighted by molar-refractivity contribution is -0.138. The van der Waals surface area contributed by atoms with Gasteiger partial charge in [-0.3, -0.25) is 4.79 Å². The van der Waals surface area contributed by atoms with Crippen LogP contribution in [-0.2, 0) is 33.2 Å². The van der Waals surface area contributed by atoms with Crippen molar-refractivity contribution in [3.8, 4) is 0 Å². The third kappa shape index (κ3) is 25.1. The molecule has 0 saturated heterocycles. The molecule has 0 aromatic rings. The molecule has 28 heavy (non-hydrogen) atoms. The number of rotatable bonds is 24. The predicted molar refractivity (Wildman–Crippen MR) is 104 cm³/mol. The number of carboxylic acids is 1. The molecule has 0 unspecified atom stereocenters. The summed E-state index contributed by atoms with van der Waals surface area (Å²) in [6.07, 6.45) is 0.0157. The Kier molecular flexibility index (Phi) is 23.5. The first kappa shape index (κ1) is 27.1. The minimum atomic E-state index is -0.860. The van der Waals surface area contributed by atoms with E-state index in [1.165, 1.54) is 0 Å². The molecular weight excluding hydrogens is 372 g/mol. The van der Waals surface area contributed by atoms with E-state index in [-0.39, 0.29) is 13.0 Å². The van der Waals surface area contributed by atoms with Crippen molar-refractivity contribution in [1.29, 1.82) is 0 Å². The summed E-state index contributed by atoms with van der Waals surface area (Å²) in [5.41, 5.74) is 0. The van der Waals surface area contributed by atoms with Crippen LogP contribution in [0.1, 0.15) is 6.42 Å². The number of nitrogens with one attached hydrogen (secondary N) is 2. The smallest absolute Gasteiger partial charge is 0.305 e. The lowest BCUT2D eigenvalue weighted by Crippen LogP contribution is -2.25. The molecule has 0 amide bonds. The Morgan fingerprint density at radius 3 is 1.36 bits per heavy atom. The summed E-state index contributed by atoms with van der Waals surface area (Å²) in [5, 5.41) is 14.7. The lowest BCUT2D eigenvalue weighted by atomic mass is 10.5. The van der Waals surface area contributed by atoms with Gasteiger partial charge in [0.2, 0.25) is 0 Å². The molecule has 0 fully saturated rings. The molecule has 3 N–H and O–H groups in total. The van der Waals surface area contributed by atoms with Crippen molar-refractivity contribution in [2.45, 2.75) is 6.42 Å². The van der Waals surface area contributed by atoms with Gasteiger partial charge in [0.15, 0.2) is 0 Å². The molecular formula is C18H38N2O8. The highest BCUT2D eigenvalue weighted by molar-refractivity contribution is 5.66. The van der Waals surface area contributed by atoms with Crippen LogP contribution in [0.2, 0.25) is 0 Å². The predicted octanol–water partition coefficient (Wildman–Crippen LogP) is -0.630. The van der Waals surface area contributed by atoms with Gasteiger partial charge in [-0.2, -0.15) is 0 Å². The van der Waals surface area contributed by atoms with Gasteiger partial charge in [-0.05, 0) is 7.05 Å². The molecule has 0 aliphatic carbocycles. The molecule has 0 radical (unpaired) electrons. The van der Waals surface area contributed by atoms with E-state index < -0.39 is 5.97 Å². The Balaban J connectivity index is 2.99. The SMILES string of the molecule is CNCCOCCOCCOCCNCCOCCOCCOCCC(=O)O. The molecule has 0 rings (SSSR count). The summed E-state index contributed by atoms with van der Waals surface area (Å²) in [4.78, 5) is 10.3. The van der Waals surface area contributed by atoms with E-state index in [2.05, 4.69) is 10.6 Å². The van der Waals surface area contributed by atoms with Crippen LogP contribution in [0.15, 0.2) is 0 Å². The quantitative estimate of drug-likeness (QED) is 0.178. The van der Waals surface area contributed by atoms with Crippen LogP contribution in [0, 0.1) is 0 Å². The molecule has 0 aliphatic heterocycles. The Morgan fingerprint density at radius 2 is 0.964 bits per heavy atom. The number of hydrogen-bond donors (Lipinski definition) is 3. The average Bonchev–Trinajstić information content (AvgIpc) is 2.68. The van der Waals surface area contributed by atoms with Crippen molar-refractivity contribution in [2.24, 2.45) is 0 Å². The minimum Gasteiger partial charge on any atom is -0.481 e. The van der Waals surface area contributed by atoms with Crippen LogP contribution in [-0.4, -0.2) is 117 Å². The fraction of sp³-hybridized carbons (Fsp3) is 0.944. The van der Waals surface area contributed by atoms with Gasteiger partial charge in [0.1, 0.15) is 0 Å². The Labute approximate surface area is 168 Å². The largest absolute Gasteiger partial charge is 0.481 e. The molecule has 0 saturated carbocycles. The average molecular weight is 411 g/mol. The first-order valence-corrected chi connectivity index (χ1v) is 9.81. The van der Waals surface area contributed by atoms with Crippen LogP contribution in [0.25, 0.3) is 0 Å². The highest BCUT2D eigenvalue weighted by atomic mass is 16.5. The molecule has 0 aliphatic rings. The van der Waals surface area contributed by atoms with Gasteiger partial charge in [0, 0.05) is 19.6 Å². The minimum absolute atomic E-state index is 0.0157. The molecule has 168 valence electrons. The van der Waals surface area contributed by atoms with Gasteiger partial charge < -0.3 is 44.2 Å². The first-order valence-electron chi connectivity index (χ1n) is 9.81. The van der Waals surface area contributed by atoms with Gasteiger partial charge in [-0.1, -0.05) is 0 Å². The molecule has 10 nitrogen and oxygen atoms in total. The summed E-state index contributed by atoms with van der Waals surface area (Å²) in [6.45, 7) is 8.69. The zero-order valence-corrected chi connectivity index (χ0v) is 17.1. The monoisotopic (exact) mass is 410 g/mol. The van der Waals surface area contributed by atoms with Crippen LogP contribution in [0.3, 0.4) is 0 Å². The first-order chi connectivity index (χ1) is 13.8. The van der Waals surface area contributed by atoms with Gasteiger partial charge in [0.25, 0.3) is 0 Å². The van der Waals surface area contributed by atoms with Crippen molar-refractivity contribution in [3.05, 3.63) is 0 Å². The summed E-state index contributed by atoms with van der Waals surface area (Å²) in [5.74, 6) is -0.860. The van der Waals surface area contributed by atoms with Crippen LogP contribution < -0.4 is 10.6 Å². The Bertz CT molecular complexity index is 324. The Morgan fingerprint density at radius 1 is 0.607 bits per heavy atom. The highest BCUT2D eigenvalue weighted by Gasteiger charge is 1.96. The van der Waals surface area contributed by atoms with E-state index in [0.29, 0.717) is 72.7 Å². The lowest BCUT2D eigenvalue weighted by Gasteiger charge is -2.08. The number of carboxylic acid groups (broad SMARTS) is 1. The molecule has 0 spiro atoms. The molecule has 0 atom stereocenters. The number of carbonyl (C=O) groups is 1. The summed E-state index contributed by atoms with van der Waals surface area (Å²) in [6, 6.07) is 0. The topological polar surface area (TPSA) is 117 Å². The number of hydrogen-bond acceptors (Lipinski definition) is 9. The number of likely N-dealkylation sites (N-methyl/N-ethyl adjacent to an activating group) is 1. The normalized spacial score (nSPS) is 11.2. The van der Waals surface area contributed by atoms with E-state index in [9.17, 15) is 4.79 Å². The van der Waals surface area contributed by atoms with Gasteiger partial charge >= 0.3 is 5.97 Å². The Hall–Kier alpha value is -0.850. The molecule has 0 aromatic heterocycles. The third-order valence-electron chi connectivity index (χ3n) is 3.29. The maximum atomic E-state index is 10.3. The van der Waals surface area contributed by atoms with Gasteiger partial charge in [0.05, 0.1) is 85.7 Å². The van der Waals surface area contributed by atoms with Crippen molar-refractivity contribution in [1.82, 2.24) is 10.6 Å². The zero-order chi connectivity index (χ0) is 20.5. The van der Waals surface area contributed by atoms with Crippen molar-refractivity contribution >= 4 is 5.97 Å². The second-order valence-corrected chi connectivity index (χ2v) is 5.67. The van der Waals surface area contributed by atoms with Crippen LogP contribution in [0.5, 0.6) is 0 Å². The zero-order valence-electron chi connectivity index (χ0n) is 17.1. The maximum absolute atomic E-state index is 10.3. The standard InChI is InChI=1S/C18H38N2O8/c1-19-3-7-24-11-15-28-17-13-26-9-5-20-4-8-25-12-16-27-14-10-23-6-2-18(21)22/h19-20H,2-17H2,1H3,(H,21,22). The van der Waals surface area contributed by atoms with E-state index in [1.54, 1.807) is 0 Å². The van der Waals surface area contributed by atoms with Gasteiger partial charge in [-0.15, -0.1) is 0 Å². The number of aliphatic carboxylic acids is 1.